The van der Waals surface area contributed by atoms with Crippen LogP contribution in [-0.2, 0) is 13.7 Å². The van der Waals surface area contributed by atoms with Crippen LogP contribution in [0.3, 0.4) is 0 Å². The van der Waals surface area contributed by atoms with E-state index in [-0.39, 0.29) is 6.61 Å². The van der Waals surface area contributed by atoms with Gasteiger partial charge in [0.25, 0.3) is 0 Å². The van der Waals surface area contributed by atoms with Gasteiger partial charge in [0.05, 0.1) is 36.5 Å². The molecule has 0 radical (unpaired) electrons. The van der Waals surface area contributed by atoms with E-state index in [1.165, 1.54) is 0 Å². The monoisotopic (exact) mass is 329 g/mol. The van der Waals surface area contributed by atoms with E-state index < -0.39 is 0 Å². The fraction of sp³-hybridized carbons (Fsp3) is 0.176. The van der Waals surface area contributed by atoms with Crippen molar-refractivity contribution in [2.24, 2.45) is 7.05 Å². The molecule has 118 valence electrons. The topological polar surface area (TPSA) is 60.2 Å². The first-order valence-electron chi connectivity index (χ1n) is 7.05. The first-order valence-corrected chi connectivity index (χ1v) is 7.43. The first-order chi connectivity index (χ1) is 11.1. The van der Waals surface area contributed by atoms with Crippen molar-refractivity contribution in [1.29, 1.82) is 0 Å². The van der Waals surface area contributed by atoms with Crippen molar-refractivity contribution in [3.8, 4) is 28.4 Å². The highest BCUT2D eigenvalue weighted by atomic mass is 35.5. The number of halogens is 1. The molecule has 0 unspecified atom stereocenters. The van der Waals surface area contributed by atoms with Crippen molar-refractivity contribution in [1.82, 2.24) is 14.5 Å². The van der Waals surface area contributed by atoms with Gasteiger partial charge in [-0.15, -0.1) is 0 Å². The molecule has 0 atom stereocenters. The average molecular weight is 330 g/mol. The summed E-state index contributed by atoms with van der Waals surface area (Å²) in [5.41, 5.74) is 4.08. The standard InChI is InChI=1S/C17H16ClN3O2/c1-21-10-20-16(14-7-11(9-22)5-6-19-14)17(21)12-3-4-13(18)15(8-12)23-2/h3-8,10,22H,9H2,1-2H3. The van der Waals surface area contributed by atoms with Crippen LogP contribution in [0.15, 0.2) is 42.9 Å². The molecule has 0 saturated carbocycles. The van der Waals surface area contributed by atoms with E-state index in [4.69, 9.17) is 16.3 Å². The van der Waals surface area contributed by atoms with E-state index in [1.54, 1.807) is 31.8 Å². The van der Waals surface area contributed by atoms with Crippen LogP contribution in [-0.4, -0.2) is 26.8 Å². The lowest BCUT2D eigenvalue weighted by Gasteiger charge is -2.10. The van der Waals surface area contributed by atoms with Crippen LogP contribution in [0.25, 0.3) is 22.6 Å². The quantitative estimate of drug-likeness (QED) is 0.797. The molecule has 23 heavy (non-hydrogen) atoms. The minimum absolute atomic E-state index is 0.0353. The summed E-state index contributed by atoms with van der Waals surface area (Å²) in [6.07, 6.45) is 3.40. The summed E-state index contributed by atoms with van der Waals surface area (Å²) in [6.45, 7) is -0.0353. The molecule has 0 aliphatic heterocycles. The number of hydrogen-bond acceptors (Lipinski definition) is 4. The van der Waals surface area contributed by atoms with E-state index in [2.05, 4.69) is 9.97 Å². The molecule has 2 heterocycles. The van der Waals surface area contributed by atoms with Crippen molar-refractivity contribution >= 4 is 11.6 Å². The molecule has 5 nitrogen and oxygen atoms in total. The number of imidazole rings is 1. The van der Waals surface area contributed by atoms with Gasteiger partial charge < -0.3 is 14.4 Å². The zero-order valence-electron chi connectivity index (χ0n) is 12.8. The molecule has 2 aromatic heterocycles. The highest BCUT2D eigenvalue weighted by Gasteiger charge is 2.16. The molecule has 0 saturated heterocycles. The normalized spacial score (nSPS) is 10.8. The average Bonchev–Trinajstić information content (AvgIpc) is 2.97. The van der Waals surface area contributed by atoms with Gasteiger partial charge in [0.1, 0.15) is 11.4 Å². The van der Waals surface area contributed by atoms with Crippen LogP contribution in [0.1, 0.15) is 5.56 Å². The molecular formula is C17H16ClN3O2. The molecule has 0 bridgehead atoms. The number of pyridine rings is 1. The SMILES string of the molecule is COc1cc(-c2c(-c3cc(CO)ccn3)ncn2C)ccc1Cl. The number of benzene rings is 1. The van der Waals surface area contributed by atoms with Gasteiger partial charge in [0, 0.05) is 18.8 Å². The maximum atomic E-state index is 9.31. The first kappa shape index (κ1) is 15.5. The number of methoxy groups -OCH3 is 1. The fourth-order valence-corrected chi connectivity index (χ4v) is 2.66. The second-order valence-electron chi connectivity index (χ2n) is 5.11. The van der Waals surface area contributed by atoms with Gasteiger partial charge in [0.2, 0.25) is 0 Å². The van der Waals surface area contributed by atoms with Gasteiger partial charge in [0.15, 0.2) is 0 Å². The lowest BCUT2D eigenvalue weighted by molar-refractivity contribution is 0.282. The molecular weight excluding hydrogens is 314 g/mol. The number of nitrogens with zero attached hydrogens (tertiary/aromatic N) is 3. The predicted molar refractivity (Wildman–Crippen MR) is 89.4 cm³/mol. The van der Waals surface area contributed by atoms with Gasteiger partial charge in [-0.3, -0.25) is 4.98 Å². The van der Waals surface area contributed by atoms with Crippen molar-refractivity contribution in [3.63, 3.8) is 0 Å². The molecule has 0 spiro atoms. The number of aromatic nitrogens is 3. The largest absolute Gasteiger partial charge is 0.495 e. The summed E-state index contributed by atoms with van der Waals surface area (Å²) >= 11 is 6.11. The van der Waals surface area contributed by atoms with Crippen LogP contribution < -0.4 is 4.74 Å². The lowest BCUT2D eigenvalue weighted by Crippen LogP contribution is -1.95. The van der Waals surface area contributed by atoms with Gasteiger partial charge in [-0.1, -0.05) is 17.7 Å². The van der Waals surface area contributed by atoms with Crippen LogP contribution >= 0.6 is 11.6 Å². The van der Waals surface area contributed by atoms with Gasteiger partial charge in [-0.05, 0) is 29.8 Å². The summed E-state index contributed by atoms with van der Waals surface area (Å²) < 4.78 is 7.22. The maximum Gasteiger partial charge on any atom is 0.138 e. The second-order valence-corrected chi connectivity index (χ2v) is 5.52. The molecule has 1 aromatic carbocycles. The Labute approximate surface area is 139 Å². The predicted octanol–water partition coefficient (Wildman–Crippen LogP) is 3.30. The van der Waals surface area contributed by atoms with Crippen molar-refractivity contribution < 1.29 is 9.84 Å². The Morgan fingerprint density at radius 2 is 2.04 bits per heavy atom. The van der Waals surface area contributed by atoms with Crippen LogP contribution in [0.5, 0.6) is 5.75 Å². The van der Waals surface area contributed by atoms with Gasteiger partial charge >= 0.3 is 0 Å². The third kappa shape index (κ3) is 2.93. The number of aryl methyl sites for hydroxylation is 1. The minimum atomic E-state index is -0.0353. The number of aliphatic hydroxyl groups is 1. The minimum Gasteiger partial charge on any atom is -0.495 e. The highest BCUT2D eigenvalue weighted by molar-refractivity contribution is 6.32. The van der Waals surface area contributed by atoms with Crippen LogP contribution in [0.2, 0.25) is 5.02 Å². The van der Waals surface area contributed by atoms with E-state index in [9.17, 15) is 5.11 Å². The summed E-state index contributed by atoms with van der Waals surface area (Å²) in [4.78, 5) is 8.83. The third-order valence-electron chi connectivity index (χ3n) is 3.61. The fourth-order valence-electron chi connectivity index (χ4n) is 2.47. The maximum absolute atomic E-state index is 9.31. The zero-order chi connectivity index (χ0) is 16.4. The number of ether oxygens (including phenoxy) is 1. The molecule has 3 aromatic rings. The summed E-state index contributed by atoms with van der Waals surface area (Å²) in [5.74, 6) is 0.605. The molecule has 0 amide bonds. The second kappa shape index (κ2) is 6.40. The van der Waals surface area contributed by atoms with E-state index in [0.717, 1.165) is 22.5 Å². The molecule has 1 N–H and O–H groups in total. The summed E-state index contributed by atoms with van der Waals surface area (Å²) in [6, 6.07) is 9.19. The molecule has 3 rings (SSSR count). The number of rotatable bonds is 4. The molecule has 0 aliphatic carbocycles. The van der Waals surface area contributed by atoms with Crippen molar-refractivity contribution in [2.75, 3.05) is 7.11 Å². The third-order valence-corrected chi connectivity index (χ3v) is 3.92. The summed E-state index contributed by atoms with van der Waals surface area (Å²) in [7, 11) is 3.50. The Morgan fingerprint density at radius 1 is 1.22 bits per heavy atom. The smallest absolute Gasteiger partial charge is 0.138 e. The Hall–Kier alpha value is -2.37. The van der Waals surface area contributed by atoms with Crippen molar-refractivity contribution in [2.45, 2.75) is 6.61 Å². The van der Waals surface area contributed by atoms with E-state index in [1.807, 2.05) is 29.8 Å². The number of aliphatic hydroxyl groups excluding tert-OH is 1. The van der Waals surface area contributed by atoms with E-state index >= 15 is 0 Å². The Bertz CT molecular complexity index is 846. The summed E-state index contributed by atoms with van der Waals surface area (Å²) in [5, 5.41) is 9.87. The molecule has 0 aliphatic rings. The lowest BCUT2D eigenvalue weighted by atomic mass is 10.1. The Balaban J connectivity index is 2.15. The van der Waals surface area contributed by atoms with Gasteiger partial charge in [-0.25, -0.2) is 4.98 Å². The molecule has 6 heteroatoms. The van der Waals surface area contributed by atoms with Gasteiger partial charge in [-0.2, -0.15) is 0 Å². The number of hydrogen-bond donors (Lipinski definition) is 1. The van der Waals surface area contributed by atoms with E-state index in [0.29, 0.717) is 16.5 Å². The zero-order valence-corrected chi connectivity index (χ0v) is 13.6. The van der Waals surface area contributed by atoms with Crippen molar-refractivity contribution in [3.05, 3.63) is 53.4 Å². The molecule has 0 fully saturated rings. The highest BCUT2D eigenvalue weighted by Crippen LogP contribution is 2.34. The Morgan fingerprint density at radius 3 is 2.78 bits per heavy atom. The van der Waals surface area contributed by atoms with Crippen LogP contribution in [0, 0.1) is 0 Å². The Kier molecular flexibility index (Phi) is 4.32. The van der Waals surface area contributed by atoms with Crippen LogP contribution in [0.4, 0.5) is 0 Å².